The number of benzene rings is 1. The number of thiazole rings is 1. The normalized spacial score (nSPS) is 11.4. The highest BCUT2D eigenvalue weighted by Gasteiger charge is 2.07. The number of para-hydroxylation sites is 1. The summed E-state index contributed by atoms with van der Waals surface area (Å²) < 4.78 is 3.72. The maximum atomic E-state index is 11.8. The number of hydrogen-bond acceptors (Lipinski definition) is 6. The number of amides is 1. The zero-order valence-electron chi connectivity index (χ0n) is 12.7. The Morgan fingerprint density at radius 1 is 1.48 bits per heavy atom. The molecule has 1 amide bonds. The fourth-order valence-electron chi connectivity index (χ4n) is 1.99. The molecule has 0 aliphatic carbocycles. The van der Waals surface area contributed by atoms with Crippen molar-refractivity contribution in [2.45, 2.75) is 11.3 Å². The second kappa shape index (κ2) is 6.93. The average Bonchev–Trinajstić information content (AvgIpc) is 3.08. The van der Waals surface area contributed by atoms with Gasteiger partial charge in [0.05, 0.1) is 27.9 Å². The smallest absolute Gasteiger partial charge is 0.250 e. The average molecular weight is 345 g/mol. The number of aryl methyl sites for hydroxylation is 2. The third kappa shape index (κ3) is 3.96. The molecule has 0 fully saturated rings. The summed E-state index contributed by atoms with van der Waals surface area (Å²) in [4.78, 5) is 16.3. The second-order valence-corrected chi connectivity index (χ2v) is 7.13. The molecular formula is C15H15N5OS2. The zero-order valence-corrected chi connectivity index (χ0v) is 14.3. The fraction of sp³-hybridized carbons (Fsp3) is 0.200. The van der Waals surface area contributed by atoms with Crippen LogP contribution in [0, 0.1) is 6.92 Å². The highest BCUT2D eigenvalue weighted by atomic mass is 32.2. The van der Waals surface area contributed by atoms with Crippen molar-refractivity contribution in [3.05, 3.63) is 41.7 Å². The van der Waals surface area contributed by atoms with Crippen LogP contribution in [0.4, 0.5) is 0 Å². The first-order valence-corrected chi connectivity index (χ1v) is 8.72. The lowest BCUT2D eigenvalue weighted by atomic mass is 10.3. The Morgan fingerprint density at radius 2 is 2.30 bits per heavy atom. The molecule has 0 saturated heterocycles. The molecule has 0 saturated carbocycles. The summed E-state index contributed by atoms with van der Waals surface area (Å²) in [7, 11) is 1.84. The molecule has 1 aromatic carbocycles. The van der Waals surface area contributed by atoms with Crippen LogP contribution in [-0.2, 0) is 11.8 Å². The Hall–Kier alpha value is -2.19. The highest BCUT2D eigenvalue weighted by Crippen LogP contribution is 2.28. The molecule has 0 atom stereocenters. The van der Waals surface area contributed by atoms with Gasteiger partial charge in [-0.25, -0.2) is 10.4 Å². The Kier molecular flexibility index (Phi) is 4.73. The van der Waals surface area contributed by atoms with Gasteiger partial charge in [0.2, 0.25) is 0 Å². The van der Waals surface area contributed by atoms with Crippen molar-refractivity contribution in [2.75, 3.05) is 5.75 Å². The van der Waals surface area contributed by atoms with E-state index < -0.39 is 0 Å². The molecule has 2 aromatic heterocycles. The van der Waals surface area contributed by atoms with Gasteiger partial charge in [0.1, 0.15) is 0 Å². The van der Waals surface area contributed by atoms with Crippen LogP contribution in [-0.4, -0.2) is 32.6 Å². The van der Waals surface area contributed by atoms with Crippen LogP contribution >= 0.6 is 23.1 Å². The minimum Gasteiger partial charge on any atom is -0.275 e. The lowest BCUT2D eigenvalue weighted by Gasteiger charge is -1.97. The number of carbonyl (C=O) groups is 1. The molecule has 0 aliphatic heterocycles. The first-order chi connectivity index (χ1) is 11.1. The van der Waals surface area contributed by atoms with Gasteiger partial charge in [-0.15, -0.1) is 11.3 Å². The Bertz CT molecular complexity index is 835. The van der Waals surface area contributed by atoms with E-state index in [9.17, 15) is 4.79 Å². The predicted octanol–water partition coefficient (Wildman–Crippen LogP) is 2.58. The molecule has 6 nitrogen and oxygen atoms in total. The minimum atomic E-state index is -0.160. The SMILES string of the molecule is Cc1nn(C)cc1/C=N\NC(=O)CSc1nc2ccccc2s1. The van der Waals surface area contributed by atoms with Gasteiger partial charge in [-0.1, -0.05) is 23.9 Å². The first kappa shape index (κ1) is 15.7. The van der Waals surface area contributed by atoms with Crippen molar-refractivity contribution in [2.24, 2.45) is 12.1 Å². The predicted molar refractivity (Wildman–Crippen MR) is 94.0 cm³/mol. The van der Waals surface area contributed by atoms with E-state index in [0.717, 1.165) is 25.8 Å². The van der Waals surface area contributed by atoms with Crippen LogP contribution in [0.15, 0.2) is 39.9 Å². The summed E-state index contributed by atoms with van der Waals surface area (Å²) in [5.74, 6) is 0.121. The summed E-state index contributed by atoms with van der Waals surface area (Å²) >= 11 is 3.00. The molecule has 3 aromatic rings. The number of thioether (sulfide) groups is 1. The summed E-state index contributed by atoms with van der Waals surface area (Å²) in [6.07, 6.45) is 3.45. The van der Waals surface area contributed by atoms with Crippen LogP contribution in [0.3, 0.4) is 0 Å². The number of aromatic nitrogens is 3. The van der Waals surface area contributed by atoms with E-state index in [2.05, 4.69) is 20.6 Å². The fourth-order valence-corrected chi connectivity index (χ4v) is 3.85. The second-order valence-electron chi connectivity index (χ2n) is 4.87. The molecule has 0 unspecified atom stereocenters. The molecular weight excluding hydrogens is 330 g/mol. The van der Waals surface area contributed by atoms with Crippen molar-refractivity contribution in [1.82, 2.24) is 20.2 Å². The van der Waals surface area contributed by atoms with Crippen LogP contribution < -0.4 is 5.43 Å². The van der Waals surface area contributed by atoms with Crippen LogP contribution in [0.1, 0.15) is 11.3 Å². The van der Waals surface area contributed by atoms with Crippen molar-refractivity contribution in [3.63, 3.8) is 0 Å². The third-order valence-electron chi connectivity index (χ3n) is 3.05. The van der Waals surface area contributed by atoms with Crippen LogP contribution in [0.5, 0.6) is 0 Å². The summed E-state index contributed by atoms with van der Waals surface area (Å²) in [6.45, 7) is 1.89. The Balaban J connectivity index is 1.52. The molecule has 1 N–H and O–H groups in total. The van der Waals surface area contributed by atoms with Gasteiger partial charge < -0.3 is 0 Å². The number of fused-ring (bicyclic) bond motifs is 1. The van der Waals surface area contributed by atoms with E-state index in [0.29, 0.717) is 0 Å². The van der Waals surface area contributed by atoms with Crippen molar-refractivity contribution < 1.29 is 4.79 Å². The van der Waals surface area contributed by atoms with E-state index in [4.69, 9.17) is 0 Å². The number of hydrogen-bond donors (Lipinski definition) is 1. The van der Waals surface area contributed by atoms with Crippen molar-refractivity contribution in [1.29, 1.82) is 0 Å². The van der Waals surface area contributed by atoms with Crippen molar-refractivity contribution >= 4 is 45.4 Å². The number of carbonyl (C=O) groups excluding carboxylic acids is 1. The molecule has 8 heteroatoms. The third-order valence-corrected chi connectivity index (χ3v) is 5.22. The molecule has 0 aliphatic rings. The lowest BCUT2D eigenvalue weighted by molar-refractivity contribution is -0.118. The molecule has 23 heavy (non-hydrogen) atoms. The Labute approximate surface area is 141 Å². The van der Waals surface area contributed by atoms with Gasteiger partial charge in [0.25, 0.3) is 5.91 Å². The summed E-state index contributed by atoms with van der Waals surface area (Å²) in [6, 6.07) is 7.93. The van der Waals surface area contributed by atoms with E-state index in [1.165, 1.54) is 11.8 Å². The van der Waals surface area contributed by atoms with Gasteiger partial charge in [-0.2, -0.15) is 10.2 Å². The van der Waals surface area contributed by atoms with Gasteiger partial charge in [-0.05, 0) is 19.1 Å². The zero-order chi connectivity index (χ0) is 16.2. The van der Waals surface area contributed by atoms with Crippen molar-refractivity contribution in [3.8, 4) is 0 Å². The minimum absolute atomic E-state index is 0.160. The molecule has 0 radical (unpaired) electrons. The van der Waals surface area contributed by atoms with E-state index in [-0.39, 0.29) is 11.7 Å². The van der Waals surface area contributed by atoms with Gasteiger partial charge in [0, 0.05) is 18.8 Å². The molecule has 0 bridgehead atoms. The number of rotatable bonds is 5. The molecule has 0 spiro atoms. The van der Waals surface area contributed by atoms with E-state index in [1.54, 1.807) is 22.2 Å². The van der Waals surface area contributed by atoms with E-state index in [1.807, 2.05) is 44.4 Å². The maximum absolute atomic E-state index is 11.8. The standard InChI is InChI=1S/C15H15N5OS2/c1-10-11(8-20(2)19-10)7-16-18-14(21)9-22-15-17-12-5-3-4-6-13(12)23-15/h3-8H,9H2,1-2H3,(H,18,21)/b16-7-. The Morgan fingerprint density at radius 3 is 3.04 bits per heavy atom. The molecule has 118 valence electrons. The first-order valence-electron chi connectivity index (χ1n) is 6.92. The molecule has 3 rings (SSSR count). The molecule has 2 heterocycles. The largest absolute Gasteiger partial charge is 0.275 e. The summed E-state index contributed by atoms with van der Waals surface area (Å²) in [5, 5.41) is 8.17. The monoisotopic (exact) mass is 345 g/mol. The highest BCUT2D eigenvalue weighted by molar-refractivity contribution is 8.01. The van der Waals surface area contributed by atoms with E-state index >= 15 is 0 Å². The maximum Gasteiger partial charge on any atom is 0.250 e. The number of nitrogens with zero attached hydrogens (tertiary/aromatic N) is 4. The lowest BCUT2D eigenvalue weighted by Crippen LogP contribution is -2.19. The van der Waals surface area contributed by atoms with Crippen LogP contribution in [0.25, 0.3) is 10.2 Å². The van der Waals surface area contributed by atoms with Gasteiger partial charge in [0.15, 0.2) is 4.34 Å². The number of nitrogens with one attached hydrogen (secondary N) is 1. The van der Waals surface area contributed by atoms with Crippen LogP contribution in [0.2, 0.25) is 0 Å². The van der Waals surface area contributed by atoms with Gasteiger partial charge in [-0.3, -0.25) is 9.48 Å². The number of hydrazone groups is 1. The van der Waals surface area contributed by atoms with Gasteiger partial charge >= 0.3 is 0 Å². The quantitative estimate of drug-likeness (QED) is 0.438. The summed E-state index contributed by atoms with van der Waals surface area (Å²) in [5.41, 5.74) is 5.24. The topological polar surface area (TPSA) is 72.2 Å².